The largest absolute Gasteiger partial charge is 0.340 e. The lowest BCUT2D eigenvalue weighted by Gasteiger charge is -2.09. The van der Waals surface area contributed by atoms with Crippen LogP contribution in [0, 0.1) is 11.3 Å². The minimum Gasteiger partial charge on any atom is -0.340 e. The molecule has 1 heterocycles. The molecule has 0 radical (unpaired) electrons. The minimum absolute atomic E-state index is 0.547. The van der Waals surface area contributed by atoms with E-state index >= 15 is 0 Å². The van der Waals surface area contributed by atoms with E-state index in [1.165, 1.54) is 0 Å². The SMILES string of the molecule is CCc1nc(NN)cc(Nc2cccc(C#N)c2)n1. The Kier molecular flexibility index (Phi) is 3.90. The van der Waals surface area contributed by atoms with Gasteiger partial charge in [-0.25, -0.2) is 15.8 Å². The molecule has 0 bridgehead atoms. The summed E-state index contributed by atoms with van der Waals surface area (Å²) in [4.78, 5) is 8.56. The molecular weight excluding hydrogens is 240 g/mol. The molecule has 2 rings (SSSR count). The highest BCUT2D eigenvalue weighted by Gasteiger charge is 2.03. The zero-order valence-electron chi connectivity index (χ0n) is 10.5. The molecule has 0 aliphatic heterocycles. The van der Waals surface area contributed by atoms with Crippen LogP contribution in [0.4, 0.5) is 17.3 Å². The zero-order valence-corrected chi connectivity index (χ0v) is 10.5. The highest BCUT2D eigenvalue weighted by Crippen LogP contribution is 2.18. The number of hydrogen-bond donors (Lipinski definition) is 3. The quantitative estimate of drug-likeness (QED) is 0.569. The number of nitrogens with zero attached hydrogens (tertiary/aromatic N) is 3. The molecule has 6 nitrogen and oxygen atoms in total. The summed E-state index contributed by atoms with van der Waals surface area (Å²) in [6.07, 6.45) is 0.711. The number of nitrogens with one attached hydrogen (secondary N) is 2. The van der Waals surface area contributed by atoms with Crippen LogP contribution >= 0.6 is 0 Å². The average molecular weight is 254 g/mol. The van der Waals surface area contributed by atoms with Gasteiger partial charge in [0.25, 0.3) is 0 Å². The topological polar surface area (TPSA) is 99.6 Å². The van der Waals surface area contributed by atoms with Crippen molar-refractivity contribution in [3.63, 3.8) is 0 Å². The van der Waals surface area contributed by atoms with Gasteiger partial charge >= 0.3 is 0 Å². The van der Waals surface area contributed by atoms with Gasteiger partial charge in [-0.2, -0.15) is 5.26 Å². The number of aryl methyl sites for hydroxylation is 1. The van der Waals surface area contributed by atoms with Crippen molar-refractivity contribution in [1.82, 2.24) is 9.97 Å². The molecule has 0 unspecified atom stereocenters. The summed E-state index contributed by atoms with van der Waals surface area (Å²) in [6.45, 7) is 1.97. The van der Waals surface area contributed by atoms with E-state index in [1.54, 1.807) is 18.2 Å². The van der Waals surface area contributed by atoms with Crippen LogP contribution in [0.3, 0.4) is 0 Å². The van der Waals surface area contributed by atoms with E-state index < -0.39 is 0 Å². The summed E-state index contributed by atoms with van der Waals surface area (Å²) in [5.41, 5.74) is 3.89. The van der Waals surface area contributed by atoms with Crippen LogP contribution in [0.1, 0.15) is 18.3 Å². The Labute approximate surface area is 111 Å². The molecule has 0 atom stereocenters. The van der Waals surface area contributed by atoms with Crippen LogP contribution in [0.25, 0.3) is 0 Å². The van der Waals surface area contributed by atoms with E-state index in [0.717, 1.165) is 5.69 Å². The second-order valence-corrected chi connectivity index (χ2v) is 3.87. The maximum Gasteiger partial charge on any atom is 0.145 e. The van der Waals surface area contributed by atoms with Gasteiger partial charge in [0.15, 0.2) is 0 Å². The van der Waals surface area contributed by atoms with Gasteiger partial charge in [-0.15, -0.1) is 0 Å². The summed E-state index contributed by atoms with van der Waals surface area (Å²) in [6, 6.07) is 11.0. The predicted octanol–water partition coefficient (Wildman–Crippen LogP) is 1.94. The first-order valence-electron chi connectivity index (χ1n) is 5.87. The van der Waals surface area contributed by atoms with E-state index in [0.29, 0.717) is 29.4 Å². The van der Waals surface area contributed by atoms with E-state index in [-0.39, 0.29) is 0 Å². The smallest absolute Gasteiger partial charge is 0.145 e. The van der Waals surface area contributed by atoms with Gasteiger partial charge in [-0.3, -0.25) is 0 Å². The van der Waals surface area contributed by atoms with Gasteiger partial charge in [0, 0.05) is 18.2 Å². The first kappa shape index (κ1) is 12.8. The molecule has 0 aliphatic carbocycles. The Morgan fingerprint density at radius 1 is 1.26 bits per heavy atom. The first-order valence-corrected chi connectivity index (χ1v) is 5.87. The van der Waals surface area contributed by atoms with Crippen LogP contribution in [-0.4, -0.2) is 9.97 Å². The normalized spacial score (nSPS) is 9.74. The van der Waals surface area contributed by atoms with Gasteiger partial charge in [0.1, 0.15) is 17.5 Å². The van der Waals surface area contributed by atoms with E-state index in [2.05, 4.69) is 26.8 Å². The van der Waals surface area contributed by atoms with Gasteiger partial charge in [0.05, 0.1) is 11.6 Å². The summed E-state index contributed by atoms with van der Waals surface area (Å²) >= 11 is 0. The predicted molar refractivity (Wildman–Crippen MR) is 73.7 cm³/mol. The molecule has 4 N–H and O–H groups in total. The van der Waals surface area contributed by atoms with Crippen LogP contribution in [0.15, 0.2) is 30.3 Å². The minimum atomic E-state index is 0.547. The Morgan fingerprint density at radius 3 is 2.74 bits per heavy atom. The third-order valence-electron chi connectivity index (χ3n) is 2.50. The molecule has 0 aliphatic rings. The molecule has 6 heteroatoms. The van der Waals surface area contributed by atoms with Crippen molar-refractivity contribution < 1.29 is 0 Å². The Morgan fingerprint density at radius 2 is 2.05 bits per heavy atom. The van der Waals surface area contributed by atoms with Crippen molar-refractivity contribution in [2.24, 2.45) is 5.84 Å². The average Bonchev–Trinajstić information content (AvgIpc) is 2.47. The number of benzene rings is 1. The fraction of sp³-hybridized carbons (Fsp3) is 0.154. The van der Waals surface area contributed by atoms with Crippen molar-refractivity contribution in [3.8, 4) is 6.07 Å². The monoisotopic (exact) mass is 254 g/mol. The van der Waals surface area contributed by atoms with Gasteiger partial charge in [-0.05, 0) is 18.2 Å². The molecule has 19 heavy (non-hydrogen) atoms. The van der Waals surface area contributed by atoms with E-state index in [4.69, 9.17) is 11.1 Å². The number of hydrazine groups is 1. The van der Waals surface area contributed by atoms with Gasteiger partial charge in [0.2, 0.25) is 0 Å². The number of nitriles is 1. The Bertz CT molecular complexity index is 595. The number of rotatable bonds is 4. The molecule has 1 aromatic heterocycles. The van der Waals surface area contributed by atoms with Gasteiger partial charge < -0.3 is 10.7 Å². The van der Waals surface area contributed by atoms with Crippen molar-refractivity contribution in [1.29, 1.82) is 5.26 Å². The maximum atomic E-state index is 8.86. The lowest BCUT2D eigenvalue weighted by Crippen LogP contribution is -2.11. The fourth-order valence-electron chi connectivity index (χ4n) is 1.61. The maximum absolute atomic E-state index is 8.86. The summed E-state index contributed by atoms with van der Waals surface area (Å²) in [5, 5.41) is 12.0. The number of aromatic nitrogens is 2. The summed E-state index contributed by atoms with van der Waals surface area (Å²) in [7, 11) is 0. The standard InChI is InChI=1S/C13H14N6/c1-2-11-17-12(7-13(18-11)19-15)16-10-5-3-4-9(6-10)8-14/h3-7H,2,15H2,1H3,(H2,16,17,18,19). The lowest BCUT2D eigenvalue weighted by molar-refractivity contribution is 0.941. The molecule has 0 saturated carbocycles. The molecule has 0 fully saturated rings. The number of nitrogens with two attached hydrogens (primary N) is 1. The third kappa shape index (κ3) is 3.18. The van der Waals surface area contributed by atoms with Gasteiger partial charge in [-0.1, -0.05) is 13.0 Å². The Hall–Kier alpha value is -2.65. The third-order valence-corrected chi connectivity index (χ3v) is 2.50. The van der Waals surface area contributed by atoms with Crippen LogP contribution in [0.2, 0.25) is 0 Å². The second-order valence-electron chi connectivity index (χ2n) is 3.87. The molecule has 0 amide bonds. The summed E-state index contributed by atoms with van der Waals surface area (Å²) < 4.78 is 0. The molecule has 0 spiro atoms. The van der Waals surface area contributed by atoms with Crippen LogP contribution < -0.4 is 16.6 Å². The number of nitrogen functional groups attached to an aromatic ring is 1. The van der Waals surface area contributed by atoms with E-state index in [9.17, 15) is 0 Å². The Balaban J connectivity index is 2.29. The van der Waals surface area contributed by atoms with Crippen molar-refractivity contribution in [3.05, 3.63) is 41.7 Å². The molecule has 0 saturated heterocycles. The highest BCUT2D eigenvalue weighted by atomic mass is 15.3. The molecule has 1 aromatic carbocycles. The highest BCUT2D eigenvalue weighted by molar-refractivity contribution is 5.60. The second kappa shape index (κ2) is 5.80. The molecule has 2 aromatic rings. The molecule has 96 valence electrons. The van der Waals surface area contributed by atoms with Crippen LogP contribution in [-0.2, 0) is 6.42 Å². The van der Waals surface area contributed by atoms with Crippen molar-refractivity contribution in [2.45, 2.75) is 13.3 Å². The zero-order chi connectivity index (χ0) is 13.7. The summed E-state index contributed by atoms with van der Waals surface area (Å²) in [5.74, 6) is 7.24. The van der Waals surface area contributed by atoms with Crippen molar-refractivity contribution in [2.75, 3.05) is 10.7 Å². The first-order chi connectivity index (χ1) is 9.25. The van der Waals surface area contributed by atoms with E-state index in [1.807, 2.05) is 19.1 Å². The fourth-order valence-corrected chi connectivity index (χ4v) is 1.61. The van der Waals surface area contributed by atoms with Crippen LogP contribution in [0.5, 0.6) is 0 Å². The van der Waals surface area contributed by atoms with Crippen molar-refractivity contribution >= 4 is 17.3 Å². The lowest BCUT2D eigenvalue weighted by atomic mass is 10.2. The number of hydrogen-bond acceptors (Lipinski definition) is 6. The molecular formula is C13H14N6. The number of anilines is 3.